The van der Waals surface area contributed by atoms with Crippen molar-refractivity contribution in [1.29, 1.82) is 0 Å². The minimum absolute atomic E-state index is 0.0796. The summed E-state index contributed by atoms with van der Waals surface area (Å²) in [5.74, 6) is 1.58. The van der Waals surface area contributed by atoms with E-state index in [0.717, 1.165) is 46.9 Å². The number of carbonyl (C=O) groups is 2. The van der Waals surface area contributed by atoms with Crippen molar-refractivity contribution in [3.63, 3.8) is 0 Å². The van der Waals surface area contributed by atoms with Crippen LogP contribution in [-0.2, 0) is 20.9 Å². The SMILES string of the molecule is CCSCCOC(=O)C1=C(C)NC2=C(C(=O)CCC2)[C@@H]1c1ccccc1OCc1ccccc1. The van der Waals surface area contributed by atoms with Crippen LogP contribution in [0.25, 0.3) is 0 Å². The molecule has 0 saturated carbocycles. The summed E-state index contributed by atoms with van der Waals surface area (Å²) in [6, 6.07) is 17.7. The second kappa shape index (κ2) is 11.4. The first-order valence-electron chi connectivity index (χ1n) is 11.8. The zero-order valence-electron chi connectivity index (χ0n) is 19.8. The number of hydrogen-bond donors (Lipinski definition) is 1. The lowest BCUT2D eigenvalue weighted by Crippen LogP contribution is -2.34. The number of Topliss-reactive ketones (excluding diaryl/α,β-unsaturated/α-hetero) is 1. The van der Waals surface area contributed by atoms with Gasteiger partial charge < -0.3 is 14.8 Å². The average Bonchev–Trinajstić information content (AvgIpc) is 2.85. The fourth-order valence-electron chi connectivity index (χ4n) is 4.57. The monoisotopic (exact) mass is 477 g/mol. The van der Waals surface area contributed by atoms with Crippen LogP contribution >= 0.6 is 11.8 Å². The van der Waals surface area contributed by atoms with Crippen LogP contribution < -0.4 is 10.1 Å². The number of carbonyl (C=O) groups excluding carboxylic acids is 2. The Morgan fingerprint density at radius 1 is 1.09 bits per heavy atom. The lowest BCUT2D eigenvalue weighted by molar-refractivity contribution is -0.138. The Kier molecular flexibility index (Phi) is 8.12. The average molecular weight is 478 g/mol. The molecule has 4 rings (SSSR count). The number of ketones is 1. The third kappa shape index (κ3) is 5.39. The highest BCUT2D eigenvalue weighted by Gasteiger charge is 2.40. The van der Waals surface area contributed by atoms with Crippen molar-refractivity contribution in [3.8, 4) is 5.75 Å². The Bertz CT molecular complexity index is 1110. The van der Waals surface area contributed by atoms with E-state index in [9.17, 15) is 9.59 Å². The first kappa shape index (κ1) is 24.1. The number of para-hydroxylation sites is 1. The predicted molar refractivity (Wildman–Crippen MR) is 136 cm³/mol. The summed E-state index contributed by atoms with van der Waals surface area (Å²) in [6.07, 6.45) is 2.08. The molecule has 0 saturated heterocycles. The van der Waals surface area contributed by atoms with Gasteiger partial charge in [-0.15, -0.1) is 0 Å². The Morgan fingerprint density at radius 3 is 2.65 bits per heavy atom. The van der Waals surface area contributed by atoms with E-state index in [-0.39, 0.29) is 11.8 Å². The predicted octanol–water partition coefficient (Wildman–Crippen LogP) is 5.53. The molecule has 6 heteroatoms. The Balaban J connectivity index is 1.70. The molecule has 0 unspecified atom stereocenters. The number of benzene rings is 2. The quantitative estimate of drug-likeness (QED) is 0.378. The molecule has 0 radical (unpaired) electrons. The van der Waals surface area contributed by atoms with Crippen molar-refractivity contribution in [3.05, 3.63) is 88.3 Å². The number of nitrogens with one attached hydrogen (secondary N) is 1. The summed E-state index contributed by atoms with van der Waals surface area (Å²) < 4.78 is 11.9. The van der Waals surface area contributed by atoms with Crippen LogP contribution in [0.3, 0.4) is 0 Å². The van der Waals surface area contributed by atoms with E-state index >= 15 is 0 Å². The number of thioether (sulfide) groups is 1. The molecule has 1 heterocycles. The first-order valence-corrected chi connectivity index (χ1v) is 13.0. The lowest BCUT2D eigenvalue weighted by atomic mass is 9.75. The molecule has 178 valence electrons. The van der Waals surface area contributed by atoms with E-state index in [2.05, 4.69) is 12.2 Å². The van der Waals surface area contributed by atoms with Gasteiger partial charge in [0.25, 0.3) is 0 Å². The maximum Gasteiger partial charge on any atom is 0.336 e. The summed E-state index contributed by atoms with van der Waals surface area (Å²) >= 11 is 1.73. The fourth-order valence-corrected chi connectivity index (χ4v) is 5.06. The zero-order valence-corrected chi connectivity index (χ0v) is 20.6. The van der Waals surface area contributed by atoms with Gasteiger partial charge in [-0.3, -0.25) is 4.79 Å². The standard InChI is InChI=1S/C28H31NO4S/c1-3-34-17-16-32-28(31)25-19(2)29-22-13-9-14-23(30)27(22)26(25)21-12-7-8-15-24(21)33-18-20-10-5-4-6-11-20/h4-8,10-12,15,26,29H,3,9,13-14,16-18H2,1-2H3/t26-/m1/s1. The molecule has 5 nitrogen and oxygen atoms in total. The molecule has 34 heavy (non-hydrogen) atoms. The van der Waals surface area contributed by atoms with Crippen molar-refractivity contribution in [2.45, 2.75) is 45.6 Å². The highest BCUT2D eigenvalue weighted by atomic mass is 32.2. The second-order valence-electron chi connectivity index (χ2n) is 8.41. The molecule has 2 aromatic rings. The molecule has 0 spiro atoms. The summed E-state index contributed by atoms with van der Waals surface area (Å²) in [5.41, 5.74) is 4.68. The maximum absolute atomic E-state index is 13.3. The van der Waals surface area contributed by atoms with Crippen LogP contribution in [0.2, 0.25) is 0 Å². The number of rotatable bonds is 9. The minimum Gasteiger partial charge on any atom is -0.489 e. The normalized spacial score (nSPS) is 17.8. The molecule has 0 amide bonds. The fraction of sp³-hybridized carbons (Fsp3) is 0.357. The van der Waals surface area contributed by atoms with Crippen molar-refractivity contribution >= 4 is 23.5 Å². The van der Waals surface area contributed by atoms with Gasteiger partial charge in [0.1, 0.15) is 19.0 Å². The van der Waals surface area contributed by atoms with E-state index in [1.54, 1.807) is 11.8 Å². The largest absolute Gasteiger partial charge is 0.489 e. The molecule has 1 N–H and O–H groups in total. The maximum atomic E-state index is 13.3. The molecule has 1 atom stereocenters. The zero-order chi connectivity index (χ0) is 23.9. The second-order valence-corrected chi connectivity index (χ2v) is 9.80. The van der Waals surface area contributed by atoms with Gasteiger partial charge in [0, 0.05) is 34.7 Å². The van der Waals surface area contributed by atoms with Crippen LogP contribution in [0.5, 0.6) is 5.75 Å². The van der Waals surface area contributed by atoms with Crippen LogP contribution in [0.4, 0.5) is 0 Å². The summed E-state index contributed by atoms with van der Waals surface area (Å²) in [5, 5.41) is 3.35. The first-order chi connectivity index (χ1) is 16.6. The van der Waals surface area contributed by atoms with Gasteiger partial charge in [-0.1, -0.05) is 55.5 Å². The molecular formula is C28H31NO4S. The van der Waals surface area contributed by atoms with Gasteiger partial charge in [-0.2, -0.15) is 11.8 Å². The van der Waals surface area contributed by atoms with Gasteiger partial charge in [-0.05, 0) is 37.1 Å². The van der Waals surface area contributed by atoms with Crippen molar-refractivity contribution in [2.75, 3.05) is 18.1 Å². The summed E-state index contributed by atoms with van der Waals surface area (Å²) in [7, 11) is 0. The summed E-state index contributed by atoms with van der Waals surface area (Å²) in [4.78, 5) is 26.5. The van der Waals surface area contributed by atoms with Gasteiger partial charge in [0.2, 0.25) is 0 Å². The highest BCUT2D eigenvalue weighted by Crippen LogP contribution is 2.45. The number of allylic oxidation sites excluding steroid dienone is 3. The molecule has 1 aliphatic carbocycles. The van der Waals surface area contributed by atoms with Gasteiger partial charge in [0.05, 0.1) is 11.5 Å². The van der Waals surface area contributed by atoms with E-state index in [1.807, 2.05) is 61.5 Å². The topological polar surface area (TPSA) is 64.6 Å². The Morgan fingerprint density at radius 2 is 1.85 bits per heavy atom. The number of dihydropyridines is 1. The van der Waals surface area contributed by atoms with Gasteiger partial charge in [0.15, 0.2) is 5.78 Å². The van der Waals surface area contributed by atoms with Crippen LogP contribution in [0.1, 0.15) is 50.2 Å². The molecule has 1 aliphatic heterocycles. The van der Waals surface area contributed by atoms with Crippen molar-refractivity contribution in [2.24, 2.45) is 0 Å². The molecular weight excluding hydrogens is 446 g/mol. The molecule has 2 aliphatic rings. The smallest absolute Gasteiger partial charge is 0.336 e. The van der Waals surface area contributed by atoms with E-state index in [4.69, 9.17) is 9.47 Å². The Hall–Kier alpha value is -2.99. The summed E-state index contributed by atoms with van der Waals surface area (Å²) in [6.45, 7) is 4.71. The van der Waals surface area contributed by atoms with Crippen molar-refractivity contribution in [1.82, 2.24) is 5.32 Å². The molecule has 0 aromatic heterocycles. The number of esters is 1. The third-order valence-corrected chi connectivity index (χ3v) is 6.99. The number of ether oxygens (including phenoxy) is 2. The van der Waals surface area contributed by atoms with Crippen LogP contribution in [0, 0.1) is 0 Å². The van der Waals surface area contributed by atoms with Crippen LogP contribution in [-0.4, -0.2) is 29.9 Å². The lowest BCUT2D eigenvalue weighted by Gasteiger charge is -2.34. The van der Waals surface area contributed by atoms with Gasteiger partial charge in [-0.25, -0.2) is 4.79 Å². The molecule has 0 bridgehead atoms. The van der Waals surface area contributed by atoms with E-state index in [1.165, 1.54) is 0 Å². The Labute approximate surface area is 205 Å². The van der Waals surface area contributed by atoms with Gasteiger partial charge >= 0.3 is 5.97 Å². The highest BCUT2D eigenvalue weighted by molar-refractivity contribution is 7.99. The van der Waals surface area contributed by atoms with E-state index in [0.29, 0.717) is 36.5 Å². The molecule has 0 fully saturated rings. The van der Waals surface area contributed by atoms with Crippen LogP contribution in [0.15, 0.2) is 77.1 Å². The minimum atomic E-state index is -0.512. The molecule has 2 aromatic carbocycles. The number of hydrogen-bond acceptors (Lipinski definition) is 6. The van der Waals surface area contributed by atoms with Crippen molar-refractivity contribution < 1.29 is 19.1 Å². The third-order valence-electron chi connectivity index (χ3n) is 6.13. The van der Waals surface area contributed by atoms with E-state index < -0.39 is 5.92 Å².